The number of carbonyl (C=O) groups excluding carboxylic acids is 1. The average Bonchev–Trinajstić information content (AvgIpc) is 2.17. The summed E-state index contributed by atoms with van der Waals surface area (Å²) in [6.07, 6.45) is 1.61. The molecule has 16 heavy (non-hydrogen) atoms. The van der Waals surface area contributed by atoms with Gasteiger partial charge < -0.3 is 14.6 Å². The van der Waals surface area contributed by atoms with Crippen molar-refractivity contribution in [3.05, 3.63) is 0 Å². The Balaban J connectivity index is 2.73. The molecule has 0 aliphatic carbocycles. The summed E-state index contributed by atoms with van der Waals surface area (Å²) < 4.78 is 10.4. The highest BCUT2D eigenvalue weighted by Crippen LogP contribution is 2.34. The van der Waals surface area contributed by atoms with Crippen molar-refractivity contribution in [2.24, 2.45) is 5.92 Å². The minimum Gasteiger partial charge on any atom is -0.466 e. The largest absolute Gasteiger partial charge is 0.466 e. The van der Waals surface area contributed by atoms with Gasteiger partial charge in [0, 0.05) is 19.4 Å². The smallest absolute Gasteiger partial charge is 0.311 e. The monoisotopic (exact) mass is 230 g/mol. The van der Waals surface area contributed by atoms with Gasteiger partial charge in [-0.15, -0.1) is 0 Å². The van der Waals surface area contributed by atoms with Crippen LogP contribution >= 0.6 is 0 Å². The van der Waals surface area contributed by atoms with E-state index >= 15 is 0 Å². The molecule has 1 saturated heterocycles. The van der Waals surface area contributed by atoms with Crippen LogP contribution in [0.4, 0.5) is 0 Å². The van der Waals surface area contributed by atoms with Crippen molar-refractivity contribution in [2.45, 2.75) is 51.7 Å². The van der Waals surface area contributed by atoms with Crippen LogP contribution in [0.2, 0.25) is 0 Å². The molecular formula is C12H22O4. The molecule has 4 heteroatoms. The summed E-state index contributed by atoms with van der Waals surface area (Å²) in [6, 6.07) is 0. The Labute approximate surface area is 96.9 Å². The molecule has 0 radical (unpaired) electrons. The molecule has 1 N–H and O–H groups in total. The molecule has 1 fully saturated rings. The van der Waals surface area contributed by atoms with E-state index in [0.29, 0.717) is 32.5 Å². The van der Waals surface area contributed by atoms with Crippen LogP contribution in [0.15, 0.2) is 0 Å². The van der Waals surface area contributed by atoms with Crippen LogP contribution in [0.25, 0.3) is 0 Å². The Hall–Kier alpha value is -0.610. The van der Waals surface area contributed by atoms with Crippen LogP contribution in [0, 0.1) is 5.92 Å². The van der Waals surface area contributed by atoms with E-state index in [4.69, 9.17) is 9.47 Å². The fraction of sp³-hybridized carbons (Fsp3) is 0.917. The second-order valence-corrected chi connectivity index (χ2v) is 4.45. The number of esters is 1. The summed E-state index contributed by atoms with van der Waals surface area (Å²) >= 11 is 0. The van der Waals surface area contributed by atoms with Crippen LogP contribution in [0.5, 0.6) is 0 Å². The van der Waals surface area contributed by atoms with E-state index in [1.54, 1.807) is 6.92 Å². The predicted octanol–water partition coefficient (Wildman–Crippen LogP) is 1.51. The molecule has 0 aromatic heterocycles. The summed E-state index contributed by atoms with van der Waals surface area (Å²) in [6.45, 7) is 6.47. The molecular weight excluding hydrogens is 208 g/mol. The third kappa shape index (κ3) is 2.95. The first kappa shape index (κ1) is 13.5. The molecule has 0 spiro atoms. The second kappa shape index (κ2) is 5.64. The maximum atomic E-state index is 11.8. The lowest BCUT2D eigenvalue weighted by Crippen LogP contribution is -2.49. The second-order valence-electron chi connectivity index (χ2n) is 4.45. The summed E-state index contributed by atoms with van der Waals surface area (Å²) in [4.78, 5) is 11.8. The van der Waals surface area contributed by atoms with E-state index in [9.17, 15) is 9.90 Å². The Kier molecular flexibility index (Phi) is 4.74. The number of carbonyl (C=O) groups is 1. The van der Waals surface area contributed by atoms with Gasteiger partial charge in [0.2, 0.25) is 0 Å². The van der Waals surface area contributed by atoms with Crippen molar-refractivity contribution >= 4 is 5.97 Å². The van der Waals surface area contributed by atoms with E-state index in [-0.39, 0.29) is 12.1 Å². The zero-order chi connectivity index (χ0) is 12.2. The van der Waals surface area contributed by atoms with E-state index in [0.717, 1.165) is 0 Å². The first-order valence-corrected chi connectivity index (χ1v) is 6.04. The van der Waals surface area contributed by atoms with Crippen molar-refractivity contribution in [3.63, 3.8) is 0 Å². The van der Waals surface area contributed by atoms with Gasteiger partial charge >= 0.3 is 5.97 Å². The minimum atomic E-state index is -0.960. The molecule has 0 aromatic rings. The third-order valence-corrected chi connectivity index (χ3v) is 3.21. The maximum Gasteiger partial charge on any atom is 0.311 e. The number of hydrogen-bond acceptors (Lipinski definition) is 4. The summed E-state index contributed by atoms with van der Waals surface area (Å²) in [7, 11) is 0. The van der Waals surface area contributed by atoms with E-state index < -0.39 is 11.5 Å². The van der Waals surface area contributed by atoms with Crippen molar-refractivity contribution in [1.29, 1.82) is 0 Å². The van der Waals surface area contributed by atoms with Gasteiger partial charge in [-0.1, -0.05) is 6.92 Å². The van der Waals surface area contributed by atoms with Gasteiger partial charge in [0.05, 0.1) is 24.2 Å². The highest BCUT2D eigenvalue weighted by Gasteiger charge is 2.44. The van der Waals surface area contributed by atoms with Crippen molar-refractivity contribution < 1.29 is 19.4 Å². The maximum absolute atomic E-state index is 11.8. The zero-order valence-corrected chi connectivity index (χ0v) is 10.4. The third-order valence-electron chi connectivity index (χ3n) is 3.21. The van der Waals surface area contributed by atoms with Gasteiger partial charge in [-0.05, 0) is 20.3 Å². The Bertz CT molecular complexity index is 241. The highest BCUT2D eigenvalue weighted by atomic mass is 16.5. The number of ether oxygens (including phenoxy) is 2. The number of aliphatic hydroxyl groups is 1. The Morgan fingerprint density at radius 2 is 2.31 bits per heavy atom. The fourth-order valence-corrected chi connectivity index (χ4v) is 2.42. The normalized spacial score (nSPS) is 32.1. The van der Waals surface area contributed by atoms with Crippen LogP contribution in [0.3, 0.4) is 0 Å². The molecule has 0 amide bonds. The molecule has 4 nitrogen and oxygen atoms in total. The van der Waals surface area contributed by atoms with Gasteiger partial charge in [-0.25, -0.2) is 0 Å². The van der Waals surface area contributed by atoms with Gasteiger partial charge in [0.25, 0.3) is 0 Å². The van der Waals surface area contributed by atoms with Crippen LogP contribution in [-0.2, 0) is 14.3 Å². The number of rotatable bonds is 4. The molecule has 0 saturated carbocycles. The first-order valence-electron chi connectivity index (χ1n) is 6.04. The predicted molar refractivity (Wildman–Crippen MR) is 60.0 cm³/mol. The van der Waals surface area contributed by atoms with Crippen molar-refractivity contribution in [2.75, 3.05) is 13.2 Å². The standard InChI is InChI=1S/C12H22O4/c1-4-10(11(13)15-5-2)12(14)6-7-16-9(3)8-12/h9-10,14H,4-8H2,1-3H3. The van der Waals surface area contributed by atoms with Crippen molar-refractivity contribution in [3.8, 4) is 0 Å². The average molecular weight is 230 g/mol. The van der Waals surface area contributed by atoms with E-state index in [2.05, 4.69) is 0 Å². The molecule has 3 atom stereocenters. The minimum absolute atomic E-state index is 0.00206. The molecule has 3 unspecified atom stereocenters. The fourth-order valence-electron chi connectivity index (χ4n) is 2.42. The quantitative estimate of drug-likeness (QED) is 0.744. The summed E-state index contributed by atoms with van der Waals surface area (Å²) in [5.41, 5.74) is -0.960. The first-order chi connectivity index (χ1) is 7.53. The molecule has 1 heterocycles. The lowest BCUT2D eigenvalue weighted by Gasteiger charge is -2.39. The van der Waals surface area contributed by atoms with Crippen LogP contribution in [0.1, 0.15) is 40.0 Å². The lowest BCUT2D eigenvalue weighted by molar-refractivity contribution is -0.171. The molecule has 1 rings (SSSR count). The van der Waals surface area contributed by atoms with E-state index in [1.165, 1.54) is 0 Å². The molecule has 1 aliphatic heterocycles. The highest BCUT2D eigenvalue weighted by molar-refractivity contribution is 5.73. The van der Waals surface area contributed by atoms with Crippen LogP contribution < -0.4 is 0 Å². The lowest BCUT2D eigenvalue weighted by atomic mass is 9.78. The van der Waals surface area contributed by atoms with E-state index in [1.807, 2.05) is 13.8 Å². The van der Waals surface area contributed by atoms with Gasteiger partial charge in [0.15, 0.2) is 0 Å². The van der Waals surface area contributed by atoms with Gasteiger partial charge in [-0.2, -0.15) is 0 Å². The number of hydrogen-bond donors (Lipinski definition) is 1. The molecule has 1 aliphatic rings. The molecule has 94 valence electrons. The van der Waals surface area contributed by atoms with Crippen molar-refractivity contribution in [1.82, 2.24) is 0 Å². The summed E-state index contributed by atoms with van der Waals surface area (Å²) in [5, 5.41) is 10.5. The summed E-state index contributed by atoms with van der Waals surface area (Å²) in [5.74, 6) is -0.722. The SMILES string of the molecule is CCOC(=O)C(CC)C1(O)CCOC(C)C1. The Morgan fingerprint density at radius 3 is 2.81 bits per heavy atom. The zero-order valence-electron chi connectivity index (χ0n) is 10.4. The van der Waals surface area contributed by atoms with Gasteiger partial charge in [0.1, 0.15) is 0 Å². The Morgan fingerprint density at radius 1 is 1.62 bits per heavy atom. The van der Waals surface area contributed by atoms with Crippen LogP contribution in [-0.4, -0.2) is 36.0 Å². The topological polar surface area (TPSA) is 55.8 Å². The molecule has 0 bridgehead atoms. The van der Waals surface area contributed by atoms with Gasteiger partial charge in [-0.3, -0.25) is 4.79 Å². The molecule has 0 aromatic carbocycles.